The van der Waals surface area contributed by atoms with Crippen molar-refractivity contribution < 1.29 is 0 Å². The van der Waals surface area contributed by atoms with Gasteiger partial charge in [-0.1, -0.05) is 265 Å². The van der Waals surface area contributed by atoms with Crippen molar-refractivity contribution in [2.75, 3.05) is 13.1 Å². The van der Waals surface area contributed by atoms with Gasteiger partial charge in [0.15, 0.2) is 0 Å². The molecule has 1 aliphatic heterocycles. The minimum Gasteiger partial charge on any atom is -0.356 e. The van der Waals surface area contributed by atoms with E-state index in [4.69, 9.17) is 0 Å². The monoisotopic (exact) mass is 729 g/mol. The standard InChI is InChI=1S/C50H100N2/c1-4-7-10-13-16-19-21-23-25-27-29-31-33-36-39-42-45-50-51(46-43-40-37-34-18-15-12-9-6-3)48-49-52(50)47-44-41-38-35-32-30-28-26-24-22-20-17-14-11-8-5-2/h48-50H,4-47H2,1-3H3. The highest BCUT2D eigenvalue weighted by atomic mass is 15.4. The van der Waals surface area contributed by atoms with E-state index in [1.807, 2.05) is 0 Å². The van der Waals surface area contributed by atoms with Crippen molar-refractivity contribution in [1.82, 2.24) is 9.80 Å². The van der Waals surface area contributed by atoms with Crippen molar-refractivity contribution in [3.63, 3.8) is 0 Å². The fourth-order valence-electron chi connectivity index (χ4n) is 8.66. The van der Waals surface area contributed by atoms with E-state index in [9.17, 15) is 0 Å². The lowest BCUT2D eigenvalue weighted by Crippen LogP contribution is -2.39. The number of unbranched alkanes of at least 4 members (excludes halogenated alkanes) is 38. The predicted octanol–water partition coefficient (Wildman–Crippen LogP) is 17.8. The first kappa shape index (κ1) is 49.4. The van der Waals surface area contributed by atoms with Gasteiger partial charge in [-0.05, 0) is 25.7 Å². The van der Waals surface area contributed by atoms with Crippen LogP contribution < -0.4 is 0 Å². The zero-order chi connectivity index (χ0) is 37.3. The lowest BCUT2D eigenvalue weighted by atomic mass is 10.0. The second kappa shape index (κ2) is 41.5. The van der Waals surface area contributed by atoms with Crippen molar-refractivity contribution in [3.8, 4) is 0 Å². The summed E-state index contributed by atoms with van der Waals surface area (Å²) >= 11 is 0. The summed E-state index contributed by atoms with van der Waals surface area (Å²) in [5, 5.41) is 0. The summed E-state index contributed by atoms with van der Waals surface area (Å²) in [5.74, 6) is 0. The van der Waals surface area contributed by atoms with Crippen LogP contribution in [0.3, 0.4) is 0 Å². The fraction of sp³-hybridized carbons (Fsp3) is 0.960. The Bertz CT molecular complexity index is 688. The first-order valence-electron chi connectivity index (χ1n) is 25.0. The van der Waals surface area contributed by atoms with Crippen molar-refractivity contribution in [1.29, 1.82) is 0 Å². The minimum absolute atomic E-state index is 0.636. The molecule has 52 heavy (non-hydrogen) atoms. The number of hydrogen-bond acceptors (Lipinski definition) is 2. The molecule has 0 spiro atoms. The second-order valence-corrected chi connectivity index (χ2v) is 17.5. The molecule has 0 saturated carbocycles. The summed E-state index contributed by atoms with van der Waals surface area (Å²) in [6.07, 6.45) is 66.4. The van der Waals surface area contributed by atoms with Gasteiger partial charge in [-0.15, -0.1) is 0 Å². The molecule has 0 fully saturated rings. The van der Waals surface area contributed by atoms with Gasteiger partial charge < -0.3 is 9.80 Å². The normalized spacial score (nSPS) is 14.4. The molecule has 2 heteroatoms. The third kappa shape index (κ3) is 32.7. The van der Waals surface area contributed by atoms with Gasteiger partial charge in [-0.25, -0.2) is 0 Å². The van der Waals surface area contributed by atoms with Gasteiger partial charge in [0.1, 0.15) is 6.17 Å². The summed E-state index contributed by atoms with van der Waals surface area (Å²) in [6.45, 7) is 9.49. The zero-order valence-electron chi connectivity index (χ0n) is 36.7. The Morgan fingerprint density at radius 2 is 0.442 bits per heavy atom. The molecule has 1 heterocycles. The molecule has 1 unspecified atom stereocenters. The molecule has 0 aromatic heterocycles. The molecular formula is C50H100N2. The van der Waals surface area contributed by atoms with Gasteiger partial charge >= 0.3 is 0 Å². The number of nitrogens with zero attached hydrogens (tertiary/aromatic N) is 2. The zero-order valence-corrected chi connectivity index (χ0v) is 36.7. The average molecular weight is 729 g/mol. The first-order valence-corrected chi connectivity index (χ1v) is 25.0. The van der Waals surface area contributed by atoms with E-state index in [1.165, 1.54) is 283 Å². The SMILES string of the molecule is CCCCCCCCCCCCCCCCCCC1N(CCCCCCCCCCC)C=CN1CCCCCCCCCCCCCCCCCC. The van der Waals surface area contributed by atoms with Crippen LogP contribution in [-0.2, 0) is 0 Å². The molecule has 1 rings (SSSR count). The Hall–Kier alpha value is -0.660. The van der Waals surface area contributed by atoms with E-state index < -0.39 is 0 Å². The Balaban J connectivity index is 2.16. The van der Waals surface area contributed by atoms with E-state index in [0.717, 1.165) is 0 Å². The Morgan fingerprint density at radius 3 is 0.673 bits per heavy atom. The third-order valence-electron chi connectivity index (χ3n) is 12.3. The highest BCUT2D eigenvalue weighted by Crippen LogP contribution is 2.24. The number of hydrogen-bond donors (Lipinski definition) is 0. The average Bonchev–Trinajstić information content (AvgIpc) is 3.54. The van der Waals surface area contributed by atoms with Crippen molar-refractivity contribution in [2.24, 2.45) is 0 Å². The summed E-state index contributed by atoms with van der Waals surface area (Å²) in [5.41, 5.74) is 0. The van der Waals surface area contributed by atoms with Crippen LogP contribution in [0.15, 0.2) is 12.4 Å². The molecule has 0 radical (unpaired) electrons. The Kier molecular flexibility index (Phi) is 39.4. The maximum Gasteiger partial charge on any atom is 0.101 e. The molecule has 0 N–H and O–H groups in total. The van der Waals surface area contributed by atoms with E-state index in [-0.39, 0.29) is 0 Å². The van der Waals surface area contributed by atoms with E-state index in [0.29, 0.717) is 6.17 Å². The van der Waals surface area contributed by atoms with Crippen LogP contribution in [0.2, 0.25) is 0 Å². The van der Waals surface area contributed by atoms with Gasteiger partial charge in [0.2, 0.25) is 0 Å². The minimum atomic E-state index is 0.636. The van der Waals surface area contributed by atoms with Crippen LogP contribution >= 0.6 is 0 Å². The molecule has 0 bridgehead atoms. The molecule has 0 aliphatic carbocycles. The van der Waals surface area contributed by atoms with Gasteiger partial charge in [0.05, 0.1) is 0 Å². The molecule has 1 atom stereocenters. The van der Waals surface area contributed by atoms with Gasteiger partial charge in [0.25, 0.3) is 0 Å². The second-order valence-electron chi connectivity index (χ2n) is 17.5. The maximum absolute atomic E-state index is 2.74. The molecule has 310 valence electrons. The molecule has 0 amide bonds. The Labute approximate surface area is 330 Å². The van der Waals surface area contributed by atoms with Crippen LogP contribution in [0.25, 0.3) is 0 Å². The molecule has 2 nitrogen and oxygen atoms in total. The van der Waals surface area contributed by atoms with Crippen LogP contribution in [0, 0.1) is 0 Å². The smallest absolute Gasteiger partial charge is 0.101 e. The summed E-state index contributed by atoms with van der Waals surface area (Å²) in [7, 11) is 0. The fourth-order valence-corrected chi connectivity index (χ4v) is 8.66. The molecular weight excluding hydrogens is 629 g/mol. The Morgan fingerprint density at radius 1 is 0.250 bits per heavy atom. The van der Waals surface area contributed by atoms with Crippen molar-refractivity contribution >= 4 is 0 Å². The highest BCUT2D eigenvalue weighted by molar-refractivity contribution is 4.97. The van der Waals surface area contributed by atoms with Crippen molar-refractivity contribution in [3.05, 3.63) is 12.4 Å². The highest BCUT2D eigenvalue weighted by Gasteiger charge is 2.24. The topological polar surface area (TPSA) is 6.48 Å². The van der Waals surface area contributed by atoms with Gasteiger partial charge in [-0.2, -0.15) is 0 Å². The predicted molar refractivity (Wildman–Crippen MR) is 237 cm³/mol. The van der Waals surface area contributed by atoms with Gasteiger partial charge in [-0.3, -0.25) is 0 Å². The van der Waals surface area contributed by atoms with E-state index >= 15 is 0 Å². The first-order chi connectivity index (χ1) is 25.8. The lowest BCUT2D eigenvalue weighted by molar-refractivity contribution is 0.135. The summed E-state index contributed by atoms with van der Waals surface area (Å²) < 4.78 is 0. The quantitative estimate of drug-likeness (QED) is 0.0576. The summed E-state index contributed by atoms with van der Waals surface area (Å²) in [6, 6.07) is 0. The molecule has 0 saturated heterocycles. The lowest BCUT2D eigenvalue weighted by Gasteiger charge is -2.33. The van der Waals surface area contributed by atoms with Crippen molar-refractivity contribution in [2.45, 2.75) is 297 Å². The van der Waals surface area contributed by atoms with Crippen LogP contribution in [-0.4, -0.2) is 29.1 Å². The number of rotatable bonds is 44. The maximum atomic E-state index is 2.74. The largest absolute Gasteiger partial charge is 0.356 e. The van der Waals surface area contributed by atoms with Crippen LogP contribution in [0.4, 0.5) is 0 Å². The van der Waals surface area contributed by atoms with E-state index in [2.05, 4.69) is 43.0 Å². The third-order valence-corrected chi connectivity index (χ3v) is 12.3. The molecule has 0 aromatic rings. The molecule has 1 aliphatic rings. The van der Waals surface area contributed by atoms with Crippen LogP contribution in [0.5, 0.6) is 0 Å². The van der Waals surface area contributed by atoms with Gasteiger partial charge in [0, 0.05) is 25.5 Å². The van der Waals surface area contributed by atoms with Crippen LogP contribution in [0.1, 0.15) is 290 Å². The van der Waals surface area contributed by atoms with E-state index in [1.54, 1.807) is 0 Å². The summed E-state index contributed by atoms with van der Waals surface area (Å²) in [4.78, 5) is 5.47. The molecule has 0 aromatic carbocycles.